The van der Waals surface area contributed by atoms with Crippen molar-refractivity contribution in [1.82, 2.24) is 0 Å². The van der Waals surface area contributed by atoms with E-state index in [1.54, 1.807) is 54.6 Å². The SMILES string of the molecule is CCCCCCCCCCCCOc1ccc(C(=O)Oc2ccc(C(=O)Oc3cccc(C(=O)Oc4ccc(OC(=O)c5ccc(OCCCCOc6ccc(N=Nc7ccc(CCCC)cc7)cc6)cc5)cc4)c3)cc2)cc1. The molecule has 7 aromatic rings. The molecule has 0 aromatic heterocycles. The first-order chi connectivity index (χ1) is 38.7. The highest BCUT2D eigenvalue weighted by atomic mass is 16.6. The van der Waals surface area contributed by atoms with Gasteiger partial charge in [-0.05, 0) is 189 Å². The summed E-state index contributed by atoms with van der Waals surface area (Å²) in [5, 5.41) is 8.68. The largest absolute Gasteiger partial charge is 0.494 e. The first-order valence-electron chi connectivity index (χ1n) is 27.6. The summed E-state index contributed by atoms with van der Waals surface area (Å²) in [5.41, 5.74) is 3.91. The second kappa shape index (κ2) is 32.2. The lowest BCUT2D eigenvalue weighted by Crippen LogP contribution is -2.12. The van der Waals surface area contributed by atoms with Gasteiger partial charge in [-0.15, -0.1) is 0 Å². The van der Waals surface area contributed by atoms with Gasteiger partial charge in [0.2, 0.25) is 0 Å². The van der Waals surface area contributed by atoms with Crippen molar-refractivity contribution >= 4 is 35.3 Å². The number of ether oxygens (including phenoxy) is 7. The highest BCUT2D eigenvalue weighted by Gasteiger charge is 2.16. The minimum atomic E-state index is -0.697. The summed E-state index contributed by atoms with van der Waals surface area (Å²) in [7, 11) is 0. The lowest BCUT2D eigenvalue weighted by molar-refractivity contribution is 0.0713. The zero-order valence-corrected chi connectivity index (χ0v) is 45.3. The average molecular weight is 1070 g/mol. The molecule has 0 unspecified atom stereocenters. The van der Waals surface area contributed by atoms with E-state index in [0.29, 0.717) is 42.4 Å². The van der Waals surface area contributed by atoms with E-state index in [0.717, 1.165) is 49.2 Å². The van der Waals surface area contributed by atoms with Crippen LogP contribution in [0.3, 0.4) is 0 Å². The molecule has 0 N–H and O–H groups in total. The lowest BCUT2D eigenvalue weighted by Gasteiger charge is -2.10. The highest BCUT2D eigenvalue weighted by Crippen LogP contribution is 2.26. The van der Waals surface area contributed by atoms with Crippen LogP contribution >= 0.6 is 0 Å². The molecule has 7 aromatic carbocycles. The van der Waals surface area contributed by atoms with Crippen molar-refractivity contribution < 1.29 is 52.3 Å². The maximum Gasteiger partial charge on any atom is 0.343 e. The van der Waals surface area contributed by atoms with Gasteiger partial charge in [-0.2, -0.15) is 10.2 Å². The minimum Gasteiger partial charge on any atom is -0.494 e. The Morgan fingerprint density at radius 3 is 1.08 bits per heavy atom. The molecule has 0 heterocycles. The van der Waals surface area contributed by atoms with Crippen LogP contribution in [-0.2, 0) is 6.42 Å². The van der Waals surface area contributed by atoms with Gasteiger partial charge < -0.3 is 33.2 Å². The van der Waals surface area contributed by atoms with Crippen LogP contribution in [0.15, 0.2) is 180 Å². The third kappa shape index (κ3) is 20.4. The lowest BCUT2D eigenvalue weighted by atomic mass is 10.1. The average Bonchev–Trinajstić information content (AvgIpc) is 3.48. The van der Waals surface area contributed by atoms with Gasteiger partial charge >= 0.3 is 23.9 Å². The van der Waals surface area contributed by atoms with Crippen molar-refractivity contribution in [3.05, 3.63) is 198 Å². The quantitative estimate of drug-likeness (QED) is 0.0171. The van der Waals surface area contributed by atoms with Crippen LogP contribution in [0.1, 0.15) is 151 Å². The van der Waals surface area contributed by atoms with Gasteiger partial charge in [0, 0.05) is 0 Å². The molecule has 0 saturated heterocycles. The molecule has 0 bridgehead atoms. The number of aryl methyl sites for hydroxylation is 1. The van der Waals surface area contributed by atoms with E-state index in [1.165, 1.54) is 137 Å². The smallest absolute Gasteiger partial charge is 0.343 e. The summed E-state index contributed by atoms with van der Waals surface area (Å²) < 4.78 is 39.8. The van der Waals surface area contributed by atoms with Crippen molar-refractivity contribution in [2.75, 3.05) is 19.8 Å². The van der Waals surface area contributed by atoms with Crippen LogP contribution in [0.2, 0.25) is 0 Å². The monoisotopic (exact) mass is 1070 g/mol. The molecule has 410 valence electrons. The van der Waals surface area contributed by atoms with Crippen molar-refractivity contribution in [3.63, 3.8) is 0 Å². The third-order valence-electron chi connectivity index (χ3n) is 12.7. The predicted octanol–water partition coefficient (Wildman–Crippen LogP) is 16.9. The number of rotatable bonds is 32. The molecular formula is C66H70N2O11. The first-order valence-corrected chi connectivity index (χ1v) is 27.6. The van der Waals surface area contributed by atoms with Crippen LogP contribution in [0.25, 0.3) is 0 Å². The topological polar surface area (TPSA) is 158 Å². The van der Waals surface area contributed by atoms with Crippen LogP contribution in [-0.4, -0.2) is 43.7 Å². The van der Waals surface area contributed by atoms with Gasteiger partial charge in [-0.3, -0.25) is 0 Å². The number of unbranched alkanes of at least 4 members (excludes halogenated alkanes) is 11. The third-order valence-corrected chi connectivity index (χ3v) is 12.7. The Hall–Kier alpha value is -8.58. The molecule has 0 amide bonds. The zero-order chi connectivity index (χ0) is 55.3. The molecule has 0 saturated carbocycles. The molecule has 13 heteroatoms. The highest BCUT2D eigenvalue weighted by molar-refractivity contribution is 5.94. The van der Waals surface area contributed by atoms with E-state index in [4.69, 9.17) is 33.2 Å². The molecule has 7 rings (SSSR count). The van der Waals surface area contributed by atoms with E-state index in [2.05, 4.69) is 36.2 Å². The Bertz CT molecular complexity index is 2990. The summed E-state index contributed by atoms with van der Waals surface area (Å²) in [6.07, 6.45) is 17.6. The first kappa shape index (κ1) is 58.1. The Labute approximate surface area is 463 Å². The van der Waals surface area contributed by atoms with Crippen molar-refractivity contribution in [2.45, 2.75) is 110 Å². The molecule has 0 fully saturated rings. The molecule has 79 heavy (non-hydrogen) atoms. The standard InChI is InChI=1S/C66H70N2O11/c1-3-5-7-8-9-10-11-12-13-14-45-73-56-33-23-50(24-34-56)63(69)76-59-37-27-52(28-38-59)65(71)79-62-20-17-19-53(48-62)66(72)78-61-43-41-60(42-44-61)77-64(70)51-25-35-57(36-26-51)74-46-15-16-47-75-58-39-31-55(32-40-58)68-67-54-29-21-49(22-30-54)18-6-4-2/h17,19-44,48H,3-16,18,45-47H2,1-2H3. The molecule has 0 aliphatic carbocycles. The van der Waals surface area contributed by atoms with Gasteiger partial charge in [0.1, 0.15) is 40.2 Å². The van der Waals surface area contributed by atoms with Crippen molar-refractivity contribution in [1.29, 1.82) is 0 Å². The van der Waals surface area contributed by atoms with Crippen molar-refractivity contribution in [3.8, 4) is 40.2 Å². The Morgan fingerprint density at radius 2 is 0.646 bits per heavy atom. The number of hydrogen-bond donors (Lipinski definition) is 0. The molecule has 0 atom stereocenters. The molecule has 0 spiro atoms. The second-order valence-electron chi connectivity index (χ2n) is 19.0. The summed E-state index contributed by atoms with van der Waals surface area (Å²) in [6, 6.07) is 47.2. The van der Waals surface area contributed by atoms with Gasteiger partial charge in [0.25, 0.3) is 0 Å². The van der Waals surface area contributed by atoms with Gasteiger partial charge in [-0.1, -0.05) is 96.3 Å². The summed E-state index contributed by atoms with van der Waals surface area (Å²) in [5.74, 6) is 0.394. The summed E-state index contributed by atoms with van der Waals surface area (Å²) in [6.45, 7) is 6.08. The van der Waals surface area contributed by atoms with Gasteiger partial charge in [0.05, 0.1) is 53.4 Å². The molecule has 0 aliphatic heterocycles. The van der Waals surface area contributed by atoms with Crippen LogP contribution < -0.4 is 33.2 Å². The van der Waals surface area contributed by atoms with E-state index in [1.807, 2.05) is 36.4 Å². The van der Waals surface area contributed by atoms with Gasteiger partial charge in [0.15, 0.2) is 0 Å². The molecular weight excluding hydrogens is 997 g/mol. The maximum atomic E-state index is 13.1. The van der Waals surface area contributed by atoms with Crippen LogP contribution in [0.4, 0.5) is 11.4 Å². The Balaban J connectivity index is 0.755. The fourth-order valence-electron chi connectivity index (χ4n) is 8.16. The number of nitrogens with zero attached hydrogens (tertiary/aromatic N) is 2. The minimum absolute atomic E-state index is 0.118. The summed E-state index contributed by atoms with van der Waals surface area (Å²) >= 11 is 0. The van der Waals surface area contributed by atoms with Crippen molar-refractivity contribution in [2.24, 2.45) is 10.2 Å². The zero-order valence-electron chi connectivity index (χ0n) is 45.3. The molecule has 13 nitrogen and oxygen atoms in total. The summed E-state index contributed by atoms with van der Waals surface area (Å²) in [4.78, 5) is 51.9. The predicted molar refractivity (Wildman–Crippen MR) is 305 cm³/mol. The fourth-order valence-corrected chi connectivity index (χ4v) is 8.16. The van der Waals surface area contributed by atoms with Gasteiger partial charge in [-0.25, -0.2) is 19.2 Å². The maximum absolute atomic E-state index is 13.1. The molecule has 0 radical (unpaired) electrons. The van der Waals surface area contributed by atoms with E-state index < -0.39 is 23.9 Å². The number of azo groups is 1. The Kier molecular flexibility index (Phi) is 23.7. The number of hydrogen-bond acceptors (Lipinski definition) is 13. The number of esters is 4. The van der Waals surface area contributed by atoms with E-state index >= 15 is 0 Å². The normalized spacial score (nSPS) is 11.0. The fraction of sp³-hybridized carbons (Fsp3) is 0.303. The van der Waals surface area contributed by atoms with Crippen LogP contribution in [0.5, 0.6) is 40.2 Å². The second-order valence-corrected chi connectivity index (χ2v) is 19.0. The van der Waals surface area contributed by atoms with E-state index in [9.17, 15) is 19.2 Å². The number of benzene rings is 7. The molecule has 0 aliphatic rings. The number of carbonyl (C=O) groups is 4. The van der Waals surface area contributed by atoms with E-state index in [-0.39, 0.29) is 34.1 Å². The number of carbonyl (C=O) groups excluding carboxylic acids is 4. The Morgan fingerprint density at radius 1 is 0.316 bits per heavy atom. The van der Waals surface area contributed by atoms with Crippen LogP contribution in [0, 0.1) is 0 Å².